The van der Waals surface area contributed by atoms with E-state index in [1.807, 2.05) is 22.8 Å². The van der Waals surface area contributed by atoms with E-state index in [0.717, 1.165) is 16.9 Å². The van der Waals surface area contributed by atoms with E-state index in [1.54, 1.807) is 11.3 Å². The zero-order valence-electron chi connectivity index (χ0n) is 11.9. The van der Waals surface area contributed by atoms with Crippen LogP contribution in [-0.2, 0) is 0 Å². The summed E-state index contributed by atoms with van der Waals surface area (Å²) in [7, 11) is 0. The lowest BCUT2D eigenvalue weighted by Crippen LogP contribution is -2.01. The maximum absolute atomic E-state index is 5.57. The summed E-state index contributed by atoms with van der Waals surface area (Å²) in [6.45, 7) is 4.33. The predicted octanol–water partition coefficient (Wildman–Crippen LogP) is 4.21. The molecule has 0 aliphatic rings. The van der Waals surface area contributed by atoms with Gasteiger partial charge in [0.25, 0.3) is 0 Å². The van der Waals surface area contributed by atoms with Crippen molar-refractivity contribution in [2.24, 2.45) is 0 Å². The molecule has 0 saturated heterocycles. The van der Waals surface area contributed by atoms with Gasteiger partial charge in [0, 0.05) is 27.1 Å². The number of fused-ring (bicyclic) bond motifs is 2. The zero-order valence-corrected chi connectivity index (χ0v) is 12.7. The molecule has 0 unspecified atom stereocenters. The lowest BCUT2D eigenvalue weighted by Gasteiger charge is -2.05. The van der Waals surface area contributed by atoms with Gasteiger partial charge in [0.1, 0.15) is 0 Å². The van der Waals surface area contributed by atoms with E-state index in [9.17, 15) is 0 Å². The smallest absolute Gasteiger partial charge is 0.231 e. The van der Waals surface area contributed by atoms with E-state index in [1.165, 1.54) is 10.1 Å². The van der Waals surface area contributed by atoms with Crippen LogP contribution in [0, 0.1) is 6.92 Å². The van der Waals surface area contributed by atoms with Gasteiger partial charge in [-0.05, 0) is 25.5 Å². The molecule has 0 amide bonds. The summed E-state index contributed by atoms with van der Waals surface area (Å²) in [4.78, 5) is 4.44. The molecule has 0 aliphatic heterocycles. The first kappa shape index (κ1) is 13.3. The van der Waals surface area contributed by atoms with Crippen LogP contribution in [0.25, 0.3) is 27.0 Å². The minimum Gasteiger partial charge on any atom is -0.477 e. The summed E-state index contributed by atoms with van der Waals surface area (Å²) in [5, 5.41) is 7.92. The number of thiophene rings is 1. The van der Waals surface area contributed by atoms with Crippen molar-refractivity contribution in [3.05, 3.63) is 54.9 Å². The Hall–Kier alpha value is -2.40. The molecule has 3 heterocycles. The Morgan fingerprint density at radius 3 is 3.00 bits per heavy atom. The van der Waals surface area contributed by atoms with E-state index in [2.05, 4.69) is 46.7 Å². The summed E-state index contributed by atoms with van der Waals surface area (Å²) >= 11 is 1.73. The molecule has 0 aliphatic carbocycles. The molecule has 0 spiro atoms. The van der Waals surface area contributed by atoms with Crippen LogP contribution in [0.4, 0.5) is 0 Å². The van der Waals surface area contributed by atoms with Crippen LogP contribution in [0.3, 0.4) is 0 Å². The molecule has 0 atom stereocenters. The number of hydrogen-bond donors (Lipinski definition) is 0. The van der Waals surface area contributed by atoms with Gasteiger partial charge >= 0.3 is 0 Å². The highest BCUT2D eigenvalue weighted by Gasteiger charge is 2.12. The molecular formula is C17H14N3OS. The van der Waals surface area contributed by atoms with Crippen molar-refractivity contribution in [2.45, 2.75) is 6.42 Å². The summed E-state index contributed by atoms with van der Waals surface area (Å²) < 4.78 is 8.67. The standard InChI is InChI=1S/C17H14N3OS/c1-2-9-21-17-8-7-16-18-10-14(20(16)19-17)13-11-22-15-6-4-3-5-12(13)15/h3-8,10-11H,1-2,9H2. The Morgan fingerprint density at radius 2 is 2.09 bits per heavy atom. The lowest BCUT2D eigenvalue weighted by atomic mass is 10.1. The average molecular weight is 308 g/mol. The first-order valence-corrected chi connectivity index (χ1v) is 7.98. The zero-order chi connectivity index (χ0) is 14.9. The van der Waals surface area contributed by atoms with E-state index in [0.29, 0.717) is 18.9 Å². The Labute approximate surface area is 132 Å². The summed E-state index contributed by atoms with van der Waals surface area (Å²) in [6.07, 6.45) is 2.58. The van der Waals surface area contributed by atoms with Crippen LogP contribution >= 0.6 is 11.3 Å². The summed E-state index contributed by atoms with van der Waals surface area (Å²) in [6, 6.07) is 12.1. The molecule has 5 heteroatoms. The quantitative estimate of drug-likeness (QED) is 0.567. The van der Waals surface area contributed by atoms with Crippen molar-refractivity contribution in [3.8, 4) is 17.1 Å². The van der Waals surface area contributed by atoms with E-state index < -0.39 is 0 Å². The number of benzene rings is 1. The third-order valence-electron chi connectivity index (χ3n) is 3.49. The van der Waals surface area contributed by atoms with Crippen molar-refractivity contribution >= 4 is 27.1 Å². The van der Waals surface area contributed by atoms with Crippen LogP contribution in [-0.4, -0.2) is 21.2 Å². The third kappa shape index (κ3) is 2.14. The molecular weight excluding hydrogens is 294 g/mol. The first-order valence-electron chi connectivity index (χ1n) is 7.10. The third-order valence-corrected chi connectivity index (χ3v) is 4.45. The SMILES string of the molecule is [CH2]CCOc1ccc2ncc(-c3csc4ccccc34)n2n1. The predicted molar refractivity (Wildman–Crippen MR) is 89.3 cm³/mol. The van der Waals surface area contributed by atoms with Gasteiger partial charge < -0.3 is 4.74 Å². The van der Waals surface area contributed by atoms with Crippen LogP contribution in [0.15, 0.2) is 48.0 Å². The molecule has 22 heavy (non-hydrogen) atoms. The van der Waals surface area contributed by atoms with Crippen LogP contribution in [0.2, 0.25) is 0 Å². The van der Waals surface area contributed by atoms with Gasteiger partial charge in [-0.25, -0.2) is 9.50 Å². The fourth-order valence-electron chi connectivity index (χ4n) is 2.47. The number of imidazole rings is 1. The molecule has 4 nitrogen and oxygen atoms in total. The molecule has 4 aromatic rings. The second-order valence-corrected chi connectivity index (χ2v) is 5.84. The van der Waals surface area contributed by atoms with Crippen molar-refractivity contribution < 1.29 is 4.74 Å². The number of hydrogen-bond acceptors (Lipinski definition) is 4. The molecule has 1 radical (unpaired) electrons. The first-order chi connectivity index (χ1) is 10.9. The topological polar surface area (TPSA) is 39.4 Å². The second kappa shape index (κ2) is 5.42. The molecule has 4 rings (SSSR count). The van der Waals surface area contributed by atoms with Crippen molar-refractivity contribution in [2.75, 3.05) is 6.61 Å². The fourth-order valence-corrected chi connectivity index (χ4v) is 3.42. The minimum atomic E-state index is 0.559. The summed E-state index contributed by atoms with van der Waals surface area (Å²) in [5.41, 5.74) is 2.94. The largest absolute Gasteiger partial charge is 0.477 e. The number of aromatic nitrogens is 3. The lowest BCUT2D eigenvalue weighted by molar-refractivity contribution is 0.307. The molecule has 1 aromatic carbocycles. The maximum atomic E-state index is 5.57. The number of nitrogens with zero attached hydrogens (tertiary/aromatic N) is 3. The van der Waals surface area contributed by atoms with Gasteiger partial charge in [0.05, 0.1) is 18.5 Å². The highest BCUT2D eigenvalue weighted by Crippen LogP contribution is 2.33. The molecule has 3 aromatic heterocycles. The van der Waals surface area contributed by atoms with Crippen LogP contribution in [0.5, 0.6) is 5.88 Å². The van der Waals surface area contributed by atoms with Gasteiger partial charge in [-0.1, -0.05) is 18.2 Å². The molecule has 0 N–H and O–H groups in total. The fraction of sp³-hybridized carbons (Fsp3) is 0.118. The van der Waals surface area contributed by atoms with Gasteiger partial charge in [0.15, 0.2) is 5.65 Å². The van der Waals surface area contributed by atoms with Gasteiger partial charge in [-0.15, -0.1) is 16.4 Å². The van der Waals surface area contributed by atoms with Gasteiger partial charge in [-0.2, -0.15) is 0 Å². The Bertz CT molecular complexity index is 941. The Morgan fingerprint density at radius 1 is 1.18 bits per heavy atom. The maximum Gasteiger partial charge on any atom is 0.231 e. The van der Waals surface area contributed by atoms with Crippen molar-refractivity contribution in [1.82, 2.24) is 14.6 Å². The average Bonchev–Trinajstić information content (AvgIpc) is 3.16. The van der Waals surface area contributed by atoms with Crippen molar-refractivity contribution in [1.29, 1.82) is 0 Å². The highest BCUT2D eigenvalue weighted by molar-refractivity contribution is 7.17. The molecule has 0 saturated carbocycles. The van der Waals surface area contributed by atoms with Gasteiger partial charge in [0.2, 0.25) is 5.88 Å². The normalized spacial score (nSPS) is 11.3. The Kier molecular flexibility index (Phi) is 3.27. The van der Waals surface area contributed by atoms with Gasteiger partial charge in [-0.3, -0.25) is 0 Å². The van der Waals surface area contributed by atoms with E-state index in [-0.39, 0.29) is 0 Å². The summed E-state index contributed by atoms with van der Waals surface area (Å²) in [5.74, 6) is 0.593. The highest BCUT2D eigenvalue weighted by atomic mass is 32.1. The Balaban J connectivity index is 1.87. The van der Waals surface area contributed by atoms with E-state index >= 15 is 0 Å². The van der Waals surface area contributed by atoms with E-state index in [4.69, 9.17) is 4.74 Å². The van der Waals surface area contributed by atoms with Crippen LogP contribution < -0.4 is 4.74 Å². The second-order valence-electron chi connectivity index (χ2n) is 4.93. The minimum absolute atomic E-state index is 0.559. The van der Waals surface area contributed by atoms with Crippen molar-refractivity contribution in [3.63, 3.8) is 0 Å². The van der Waals surface area contributed by atoms with Crippen LogP contribution in [0.1, 0.15) is 6.42 Å². The monoisotopic (exact) mass is 308 g/mol. The number of rotatable bonds is 4. The molecule has 0 fully saturated rings. The number of ether oxygens (including phenoxy) is 1. The molecule has 0 bridgehead atoms. The molecule has 109 valence electrons.